The van der Waals surface area contributed by atoms with Crippen LogP contribution in [0.4, 0.5) is 30.6 Å². The molecule has 0 aliphatic rings. The predicted molar refractivity (Wildman–Crippen MR) is 86.0 cm³/mol. The van der Waals surface area contributed by atoms with Crippen LogP contribution in [0.1, 0.15) is 22.5 Å². The Morgan fingerprint density at radius 3 is 2.48 bits per heavy atom. The van der Waals surface area contributed by atoms with Gasteiger partial charge >= 0.3 is 6.18 Å². The number of halogens is 3. The van der Waals surface area contributed by atoms with Gasteiger partial charge in [0.05, 0.1) is 0 Å². The molecule has 134 valence electrons. The average molecular weight is 355 g/mol. The molecule has 0 spiro atoms. The first-order chi connectivity index (χ1) is 11.8. The quantitative estimate of drug-likeness (QED) is 0.466. The van der Waals surface area contributed by atoms with E-state index in [1.54, 1.807) is 0 Å². The molecule has 0 radical (unpaired) electrons. The SMILES string of the molecule is Nc1ccc(C(=O)Nc2cc(C(F)(F)F)nc(NCCCO)n2)cc1. The number of aliphatic hydroxyl groups is 1. The highest BCUT2D eigenvalue weighted by Gasteiger charge is 2.34. The number of nitrogens with one attached hydrogen (secondary N) is 2. The van der Waals surface area contributed by atoms with E-state index in [-0.39, 0.29) is 30.5 Å². The topological polar surface area (TPSA) is 113 Å². The summed E-state index contributed by atoms with van der Waals surface area (Å²) in [5.74, 6) is -1.22. The van der Waals surface area contributed by atoms with Crippen molar-refractivity contribution in [2.45, 2.75) is 12.6 Å². The van der Waals surface area contributed by atoms with Crippen molar-refractivity contribution in [3.63, 3.8) is 0 Å². The Kier molecular flexibility index (Phi) is 5.75. The van der Waals surface area contributed by atoms with Crippen molar-refractivity contribution in [3.8, 4) is 0 Å². The van der Waals surface area contributed by atoms with Crippen LogP contribution in [0.5, 0.6) is 0 Å². The predicted octanol–water partition coefficient (Wildman–Crippen LogP) is 2.12. The molecule has 10 heteroatoms. The van der Waals surface area contributed by atoms with Crippen LogP contribution in [0.2, 0.25) is 0 Å². The van der Waals surface area contributed by atoms with Gasteiger partial charge in [0.2, 0.25) is 5.95 Å². The summed E-state index contributed by atoms with van der Waals surface area (Å²) in [6.45, 7) is 0.0514. The molecule has 5 N–H and O–H groups in total. The fourth-order valence-corrected chi connectivity index (χ4v) is 1.84. The molecule has 0 fully saturated rings. The molecule has 0 atom stereocenters. The molecule has 0 unspecified atom stereocenters. The maximum absolute atomic E-state index is 13.0. The van der Waals surface area contributed by atoms with Crippen LogP contribution in [-0.2, 0) is 6.18 Å². The molecule has 0 aliphatic carbocycles. The number of nitrogen functional groups attached to an aromatic ring is 1. The minimum atomic E-state index is -4.70. The third kappa shape index (κ3) is 5.31. The molecule has 0 aliphatic heterocycles. The first-order valence-electron chi connectivity index (χ1n) is 7.27. The number of hydrogen-bond acceptors (Lipinski definition) is 6. The smallest absolute Gasteiger partial charge is 0.399 e. The van der Waals surface area contributed by atoms with E-state index in [0.717, 1.165) is 0 Å². The van der Waals surface area contributed by atoms with Crippen molar-refractivity contribution >= 4 is 23.4 Å². The normalized spacial score (nSPS) is 11.2. The van der Waals surface area contributed by atoms with E-state index in [0.29, 0.717) is 18.2 Å². The van der Waals surface area contributed by atoms with Crippen molar-refractivity contribution in [3.05, 3.63) is 41.6 Å². The zero-order valence-corrected chi connectivity index (χ0v) is 13.0. The van der Waals surface area contributed by atoms with Gasteiger partial charge in [-0.1, -0.05) is 0 Å². The molecule has 7 nitrogen and oxygen atoms in total. The Hall–Kier alpha value is -2.88. The first-order valence-corrected chi connectivity index (χ1v) is 7.27. The summed E-state index contributed by atoms with van der Waals surface area (Å²) in [4.78, 5) is 19.3. The molecule has 0 saturated carbocycles. The summed E-state index contributed by atoms with van der Waals surface area (Å²) in [6.07, 6.45) is -4.39. The molecule has 1 heterocycles. The van der Waals surface area contributed by atoms with E-state index in [9.17, 15) is 18.0 Å². The number of anilines is 3. The largest absolute Gasteiger partial charge is 0.433 e. The number of nitrogens with two attached hydrogens (primary N) is 1. The van der Waals surface area contributed by atoms with Crippen LogP contribution in [0, 0.1) is 0 Å². The third-order valence-corrected chi connectivity index (χ3v) is 3.05. The molecule has 25 heavy (non-hydrogen) atoms. The second kappa shape index (κ2) is 7.79. The molecule has 0 saturated heterocycles. The Morgan fingerprint density at radius 2 is 1.88 bits per heavy atom. The summed E-state index contributed by atoms with van der Waals surface area (Å²) in [5.41, 5.74) is 5.00. The second-order valence-corrected chi connectivity index (χ2v) is 5.04. The van der Waals surface area contributed by atoms with Gasteiger partial charge in [-0.15, -0.1) is 0 Å². The molecule has 2 rings (SSSR count). The number of nitrogens with zero attached hydrogens (tertiary/aromatic N) is 2. The number of aliphatic hydroxyl groups excluding tert-OH is 1. The lowest BCUT2D eigenvalue weighted by Gasteiger charge is -2.12. The van der Waals surface area contributed by atoms with Crippen molar-refractivity contribution in [1.29, 1.82) is 0 Å². The molecule has 1 amide bonds. The van der Waals surface area contributed by atoms with Crippen LogP contribution in [-0.4, -0.2) is 34.1 Å². The molecule has 2 aromatic rings. The average Bonchev–Trinajstić information content (AvgIpc) is 2.54. The number of carbonyl (C=O) groups is 1. The number of rotatable bonds is 6. The van der Waals surface area contributed by atoms with Crippen molar-refractivity contribution in [2.24, 2.45) is 0 Å². The van der Waals surface area contributed by atoms with E-state index in [4.69, 9.17) is 10.8 Å². The standard InChI is InChI=1S/C15H16F3N5O2/c16-15(17,18)11-8-12(23-14(21-11)20-6-1-7-24)22-13(25)9-2-4-10(19)5-3-9/h2-5,8,24H,1,6-7,19H2,(H2,20,21,22,23,25). The molecular weight excluding hydrogens is 339 g/mol. The highest BCUT2D eigenvalue weighted by atomic mass is 19.4. The monoisotopic (exact) mass is 355 g/mol. The molecule has 1 aromatic heterocycles. The van der Waals surface area contributed by atoms with Crippen LogP contribution in [0.25, 0.3) is 0 Å². The van der Waals surface area contributed by atoms with Crippen LogP contribution >= 0.6 is 0 Å². The Bertz CT molecular complexity index is 735. The summed E-state index contributed by atoms with van der Waals surface area (Å²) < 4.78 is 38.9. The number of hydrogen-bond donors (Lipinski definition) is 4. The third-order valence-electron chi connectivity index (χ3n) is 3.05. The Morgan fingerprint density at radius 1 is 1.20 bits per heavy atom. The summed E-state index contributed by atoms with van der Waals surface area (Å²) in [7, 11) is 0. The summed E-state index contributed by atoms with van der Waals surface area (Å²) in [5, 5.41) is 13.6. The number of benzene rings is 1. The van der Waals surface area contributed by atoms with Gasteiger partial charge in [0.1, 0.15) is 5.82 Å². The van der Waals surface area contributed by atoms with E-state index in [2.05, 4.69) is 20.6 Å². The van der Waals surface area contributed by atoms with Gasteiger partial charge in [-0.05, 0) is 30.7 Å². The van der Waals surface area contributed by atoms with E-state index in [1.807, 2.05) is 0 Å². The fraction of sp³-hybridized carbons (Fsp3) is 0.267. The van der Waals surface area contributed by atoms with Gasteiger partial charge in [-0.2, -0.15) is 18.2 Å². The maximum Gasteiger partial charge on any atom is 0.433 e. The van der Waals surface area contributed by atoms with Gasteiger partial charge in [0.25, 0.3) is 5.91 Å². The van der Waals surface area contributed by atoms with Crippen LogP contribution in [0.3, 0.4) is 0 Å². The highest BCUT2D eigenvalue weighted by molar-refractivity contribution is 6.04. The number of alkyl halides is 3. The van der Waals surface area contributed by atoms with E-state index in [1.165, 1.54) is 24.3 Å². The van der Waals surface area contributed by atoms with Gasteiger partial charge in [-0.25, -0.2) is 4.98 Å². The van der Waals surface area contributed by atoms with Crippen molar-refractivity contribution in [1.82, 2.24) is 9.97 Å². The lowest BCUT2D eigenvalue weighted by molar-refractivity contribution is -0.141. The van der Waals surface area contributed by atoms with Crippen molar-refractivity contribution < 1.29 is 23.1 Å². The zero-order valence-electron chi connectivity index (χ0n) is 13.0. The lowest BCUT2D eigenvalue weighted by atomic mass is 10.2. The van der Waals surface area contributed by atoms with Gasteiger partial charge in [0.15, 0.2) is 5.69 Å². The molecular formula is C15H16F3N5O2. The fourth-order valence-electron chi connectivity index (χ4n) is 1.84. The zero-order chi connectivity index (χ0) is 18.4. The summed E-state index contributed by atoms with van der Waals surface area (Å²) in [6, 6.07) is 6.52. The minimum Gasteiger partial charge on any atom is -0.399 e. The number of carbonyl (C=O) groups excluding carboxylic acids is 1. The lowest BCUT2D eigenvalue weighted by Crippen LogP contribution is -2.18. The number of aromatic nitrogens is 2. The van der Waals surface area contributed by atoms with Crippen molar-refractivity contribution in [2.75, 3.05) is 29.5 Å². The van der Waals surface area contributed by atoms with Crippen LogP contribution in [0.15, 0.2) is 30.3 Å². The summed E-state index contributed by atoms with van der Waals surface area (Å²) >= 11 is 0. The van der Waals surface area contributed by atoms with Gasteiger partial charge in [0, 0.05) is 30.5 Å². The second-order valence-electron chi connectivity index (χ2n) is 5.04. The first kappa shape index (κ1) is 18.5. The Balaban J connectivity index is 2.24. The molecule has 0 bridgehead atoms. The highest BCUT2D eigenvalue weighted by Crippen LogP contribution is 2.29. The van der Waals surface area contributed by atoms with Crippen LogP contribution < -0.4 is 16.4 Å². The van der Waals surface area contributed by atoms with E-state index < -0.39 is 17.8 Å². The molecule has 1 aromatic carbocycles. The number of amides is 1. The van der Waals surface area contributed by atoms with Gasteiger partial charge < -0.3 is 21.5 Å². The minimum absolute atomic E-state index is 0.132. The van der Waals surface area contributed by atoms with E-state index >= 15 is 0 Å². The van der Waals surface area contributed by atoms with Gasteiger partial charge in [-0.3, -0.25) is 4.79 Å². The Labute approximate surface area is 141 Å². The maximum atomic E-state index is 13.0.